The molecule has 1 unspecified atom stereocenters. The van der Waals surface area contributed by atoms with Crippen LogP contribution in [0.15, 0.2) is 12.3 Å². The predicted molar refractivity (Wildman–Crippen MR) is 68.6 cm³/mol. The standard InChI is InChI=1S/C13H20N2O3/c1-4-9(5-2)11-10(13(17)18)6-7-15(11)8(3)12(14)16/h6-9H,4-5H2,1-3H3,(H2,14,16)(H,17,18). The van der Waals surface area contributed by atoms with Crippen LogP contribution >= 0.6 is 0 Å². The minimum absolute atomic E-state index is 0.118. The second-order valence-electron chi connectivity index (χ2n) is 4.42. The van der Waals surface area contributed by atoms with E-state index in [1.807, 2.05) is 13.8 Å². The summed E-state index contributed by atoms with van der Waals surface area (Å²) in [6.07, 6.45) is 3.28. The number of amides is 1. The molecule has 3 N–H and O–H groups in total. The van der Waals surface area contributed by atoms with Gasteiger partial charge in [-0.1, -0.05) is 13.8 Å². The molecule has 0 spiro atoms. The first-order valence-electron chi connectivity index (χ1n) is 6.17. The Balaban J connectivity index is 3.35. The Morgan fingerprint density at radius 1 is 1.39 bits per heavy atom. The van der Waals surface area contributed by atoms with Crippen LogP contribution in [-0.2, 0) is 4.79 Å². The van der Waals surface area contributed by atoms with Crippen molar-refractivity contribution >= 4 is 11.9 Å². The Bertz CT molecular complexity index is 447. The van der Waals surface area contributed by atoms with Crippen LogP contribution < -0.4 is 5.73 Å². The zero-order valence-electron chi connectivity index (χ0n) is 11.0. The van der Waals surface area contributed by atoms with Crippen molar-refractivity contribution in [1.29, 1.82) is 0 Å². The molecule has 0 bridgehead atoms. The van der Waals surface area contributed by atoms with Crippen molar-refractivity contribution in [2.24, 2.45) is 5.73 Å². The second-order valence-corrected chi connectivity index (χ2v) is 4.42. The summed E-state index contributed by atoms with van der Waals surface area (Å²) in [5.41, 5.74) is 6.25. The third kappa shape index (κ3) is 2.55. The number of carboxylic acid groups (broad SMARTS) is 1. The summed E-state index contributed by atoms with van der Waals surface area (Å²) in [6.45, 7) is 5.69. The number of nitrogens with two attached hydrogens (primary N) is 1. The third-order valence-electron chi connectivity index (χ3n) is 3.39. The molecular weight excluding hydrogens is 232 g/mol. The molecule has 0 aliphatic carbocycles. The molecule has 0 aromatic carbocycles. The average Bonchev–Trinajstić information content (AvgIpc) is 2.74. The molecule has 0 fully saturated rings. The zero-order valence-corrected chi connectivity index (χ0v) is 11.0. The third-order valence-corrected chi connectivity index (χ3v) is 3.39. The monoisotopic (exact) mass is 252 g/mol. The number of carboxylic acids is 1. The van der Waals surface area contributed by atoms with Gasteiger partial charge >= 0.3 is 5.97 Å². The molecular formula is C13H20N2O3. The Labute approximate surface area is 107 Å². The average molecular weight is 252 g/mol. The van der Waals surface area contributed by atoms with Gasteiger partial charge in [-0.25, -0.2) is 4.79 Å². The van der Waals surface area contributed by atoms with Crippen molar-refractivity contribution in [3.05, 3.63) is 23.5 Å². The Kier molecular flexibility index (Phi) is 4.53. The molecule has 18 heavy (non-hydrogen) atoms. The summed E-state index contributed by atoms with van der Waals surface area (Å²) in [5.74, 6) is -1.31. The van der Waals surface area contributed by atoms with Crippen molar-refractivity contribution < 1.29 is 14.7 Å². The maximum atomic E-state index is 11.3. The van der Waals surface area contributed by atoms with Crippen LogP contribution in [-0.4, -0.2) is 21.6 Å². The van der Waals surface area contributed by atoms with Crippen LogP contribution in [0.4, 0.5) is 0 Å². The molecule has 0 saturated carbocycles. The van der Waals surface area contributed by atoms with Gasteiger partial charge in [0.15, 0.2) is 0 Å². The van der Waals surface area contributed by atoms with Crippen molar-refractivity contribution in [3.8, 4) is 0 Å². The molecule has 1 heterocycles. The van der Waals surface area contributed by atoms with Gasteiger partial charge in [-0.3, -0.25) is 4.79 Å². The molecule has 5 heteroatoms. The number of rotatable bonds is 6. The van der Waals surface area contributed by atoms with Gasteiger partial charge in [-0.2, -0.15) is 0 Å². The van der Waals surface area contributed by atoms with Crippen LogP contribution in [0, 0.1) is 0 Å². The maximum absolute atomic E-state index is 11.3. The van der Waals surface area contributed by atoms with Crippen LogP contribution in [0.3, 0.4) is 0 Å². The van der Waals surface area contributed by atoms with Crippen molar-refractivity contribution in [2.45, 2.75) is 45.6 Å². The van der Waals surface area contributed by atoms with Crippen molar-refractivity contribution in [2.75, 3.05) is 0 Å². The van der Waals surface area contributed by atoms with Crippen LogP contribution in [0.5, 0.6) is 0 Å². The zero-order chi connectivity index (χ0) is 13.9. The highest BCUT2D eigenvalue weighted by atomic mass is 16.4. The highest BCUT2D eigenvalue weighted by molar-refractivity contribution is 5.89. The summed E-state index contributed by atoms with van der Waals surface area (Å²) < 4.78 is 1.68. The van der Waals surface area contributed by atoms with E-state index in [0.29, 0.717) is 5.69 Å². The normalized spacial score (nSPS) is 12.7. The molecule has 100 valence electrons. The van der Waals surface area contributed by atoms with Crippen molar-refractivity contribution in [1.82, 2.24) is 4.57 Å². The summed E-state index contributed by atoms with van der Waals surface area (Å²) >= 11 is 0. The van der Waals surface area contributed by atoms with E-state index in [4.69, 9.17) is 5.73 Å². The number of hydrogen-bond donors (Lipinski definition) is 2. The molecule has 0 radical (unpaired) electrons. The quantitative estimate of drug-likeness (QED) is 0.813. The Morgan fingerprint density at radius 2 is 1.94 bits per heavy atom. The fourth-order valence-corrected chi connectivity index (χ4v) is 2.22. The molecule has 1 aromatic rings. The predicted octanol–water partition coefficient (Wildman–Crippen LogP) is 2.14. The highest BCUT2D eigenvalue weighted by Gasteiger charge is 2.24. The summed E-state index contributed by atoms with van der Waals surface area (Å²) in [7, 11) is 0. The largest absolute Gasteiger partial charge is 0.478 e. The van der Waals surface area contributed by atoms with E-state index >= 15 is 0 Å². The Hall–Kier alpha value is -1.78. The second kappa shape index (κ2) is 5.71. The van der Waals surface area contributed by atoms with E-state index in [2.05, 4.69) is 0 Å². The van der Waals surface area contributed by atoms with Gasteiger partial charge in [0.05, 0.1) is 5.56 Å². The molecule has 0 aliphatic rings. The first-order chi connectivity index (χ1) is 8.43. The minimum Gasteiger partial charge on any atom is -0.478 e. The van der Waals surface area contributed by atoms with Gasteiger partial charge in [0.25, 0.3) is 0 Å². The fraction of sp³-hybridized carbons (Fsp3) is 0.538. The van der Waals surface area contributed by atoms with Gasteiger partial charge in [0.1, 0.15) is 6.04 Å². The molecule has 1 amide bonds. The van der Waals surface area contributed by atoms with E-state index in [1.54, 1.807) is 17.7 Å². The number of aromatic carboxylic acids is 1. The lowest BCUT2D eigenvalue weighted by molar-refractivity contribution is -0.120. The van der Waals surface area contributed by atoms with Gasteiger partial charge in [0.2, 0.25) is 5.91 Å². The van der Waals surface area contributed by atoms with E-state index in [0.717, 1.165) is 12.8 Å². The van der Waals surface area contributed by atoms with E-state index in [1.165, 1.54) is 6.07 Å². The molecule has 1 aromatic heterocycles. The maximum Gasteiger partial charge on any atom is 0.337 e. The summed E-state index contributed by atoms with van der Waals surface area (Å²) in [6, 6.07) is 1.00. The first-order valence-corrected chi connectivity index (χ1v) is 6.17. The number of carbonyl (C=O) groups is 2. The molecule has 1 atom stereocenters. The van der Waals surface area contributed by atoms with Crippen molar-refractivity contribution in [3.63, 3.8) is 0 Å². The summed E-state index contributed by atoms with van der Waals surface area (Å²) in [4.78, 5) is 22.5. The van der Waals surface area contributed by atoms with Crippen LogP contribution in [0.2, 0.25) is 0 Å². The molecule has 0 saturated heterocycles. The van der Waals surface area contributed by atoms with Gasteiger partial charge in [-0.05, 0) is 31.7 Å². The molecule has 5 nitrogen and oxygen atoms in total. The number of carbonyl (C=O) groups excluding carboxylic acids is 1. The first kappa shape index (κ1) is 14.3. The summed E-state index contributed by atoms with van der Waals surface area (Å²) in [5, 5.41) is 9.21. The van der Waals surface area contributed by atoms with Gasteiger partial charge in [-0.15, -0.1) is 0 Å². The molecule has 1 rings (SSSR count). The van der Waals surface area contributed by atoms with E-state index < -0.39 is 17.9 Å². The van der Waals surface area contributed by atoms with Gasteiger partial charge in [0, 0.05) is 11.9 Å². The number of nitrogens with zero attached hydrogens (tertiary/aromatic N) is 1. The van der Waals surface area contributed by atoms with Crippen LogP contribution in [0.25, 0.3) is 0 Å². The lowest BCUT2D eigenvalue weighted by atomic mass is 9.95. The fourth-order valence-electron chi connectivity index (χ4n) is 2.22. The Morgan fingerprint density at radius 3 is 2.33 bits per heavy atom. The smallest absolute Gasteiger partial charge is 0.337 e. The SMILES string of the molecule is CCC(CC)c1c(C(=O)O)ccn1C(C)C(N)=O. The lowest BCUT2D eigenvalue weighted by Gasteiger charge is -2.21. The number of aromatic nitrogens is 1. The molecule has 0 aliphatic heterocycles. The number of primary amides is 1. The van der Waals surface area contributed by atoms with Gasteiger partial charge < -0.3 is 15.4 Å². The highest BCUT2D eigenvalue weighted by Crippen LogP contribution is 2.29. The van der Waals surface area contributed by atoms with E-state index in [9.17, 15) is 14.7 Å². The van der Waals surface area contributed by atoms with Crippen LogP contribution in [0.1, 0.15) is 61.6 Å². The van der Waals surface area contributed by atoms with E-state index in [-0.39, 0.29) is 11.5 Å². The minimum atomic E-state index is -0.965. The number of hydrogen-bond acceptors (Lipinski definition) is 2. The lowest BCUT2D eigenvalue weighted by Crippen LogP contribution is -2.26. The topological polar surface area (TPSA) is 85.3 Å².